The number of nitrogens with zero attached hydrogens (tertiary/aromatic N) is 2. The second-order valence-electron chi connectivity index (χ2n) is 7.54. The molecule has 0 saturated carbocycles. The minimum absolute atomic E-state index is 0.0284. The predicted molar refractivity (Wildman–Crippen MR) is 108 cm³/mol. The number of pyridine rings is 1. The Hall–Kier alpha value is -2.10. The zero-order valence-corrected chi connectivity index (χ0v) is 17.2. The van der Waals surface area contributed by atoms with Gasteiger partial charge in [-0.15, -0.1) is 0 Å². The summed E-state index contributed by atoms with van der Waals surface area (Å²) in [6.07, 6.45) is 4.17. The van der Waals surface area contributed by atoms with E-state index in [2.05, 4.69) is 31.5 Å². The van der Waals surface area contributed by atoms with Gasteiger partial charge in [-0.2, -0.15) is 4.39 Å². The number of aliphatic hydroxyl groups is 1. The number of carbonyl (C=O) groups excluding carboxylic acids is 1. The molecule has 4 rings (SSSR count). The molecule has 3 heterocycles. The van der Waals surface area contributed by atoms with Crippen LogP contribution in [0.2, 0.25) is 0 Å². The maximum atomic E-state index is 14.4. The van der Waals surface area contributed by atoms with E-state index in [-0.39, 0.29) is 36.1 Å². The zero-order valence-electron chi connectivity index (χ0n) is 15.6. The SMILES string of the molecule is O=C(c1ccnc(F)c1Nc1ccc(Br)cc1F)N1CC(O)([C@@H]2CCCCN2)C1. The number of halogens is 3. The fraction of sp³-hybridized carbons (Fsp3) is 0.400. The molecule has 2 aliphatic heterocycles. The Balaban J connectivity index is 1.53. The van der Waals surface area contributed by atoms with E-state index in [1.807, 2.05) is 0 Å². The number of piperidine rings is 1. The maximum absolute atomic E-state index is 14.4. The smallest absolute Gasteiger partial charge is 0.256 e. The van der Waals surface area contributed by atoms with E-state index in [0.29, 0.717) is 4.47 Å². The summed E-state index contributed by atoms with van der Waals surface area (Å²) in [6, 6.07) is 5.63. The van der Waals surface area contributed by atoms with E-state index in [9.17, 15) is 18.7 Å². The Labute approximate surface area is 175 Å². The molecule has 1 aromatic heterocycles. The van der Waals surface area contributed by atoms with Gasteiger partial charge in [0.05, 0.1) is 24.3 Å². The van der Waals surface area contributed by atoms with Crippen LogP contribution in [0, 0.1) is 11.8 Å². The largest absolute Gasteiger partial charge is 0.385 e. The predicted octanol–water partition coefficient (Wildman–Crippen LogP) is 3.19. The molecule has 1 amide bonds. The first-order chi connectivity index (χ1) is 13.9. The fourth-order valence-electron chi connectivity index (χ4n) is 3.92. The first kappa shape index (κ1) is 20.2. The Bertz CT molecular complexity index is 931. The highest BCUT2D eigenvalue weighted by Crippen LogP contribution is 2.33. The number of hydrogen-bond donors (Lipinski definition) is 3. The lowest BCUT2D eigenvalue weighted by Gasteiger charge is -2.51. The van der Waals surface area contributed by atoms with Crippen LogP contribution in [0.5, 0.6) is 0 Å². The average Bonchev–Trinajstić information content (AvgIpc) is 2.69. The van der Waals surface area contributed by atoms with Crippen LogP contribution >= 0.6 is 15.9 Å². The van der Waals surface area contributed by atoms with Crippen LogP contribution in [0.1, 0.15) is 29.6 Å². The molecule has 9 heteroatoms. The number of nitrogens with one attached hydrogen (secondary N) is 2. The highest BCUT2D eigenvalue weighted by molar-refractivity contribution is 9.10. The molecule has 0 radical (unpaired) electrons. The van der Waals surface area contributed by atoms with Crippen LogP contribution in [0.15, 0.2) is 34.9 Å². The molecule has 154 valence electrons. The number of aromatic nitrogens is 1. The van der Waals surface area contributed by atoms with Gasteiger partial charge in [-0.25, -0.2) is 9.37 Å². The number of β-amino-alcohol motifs (C(OH)–C–C–N with tert-alkyl or cyclic N) is 1. The molecule has 0 spiro atoms. The Morgan fingerprint density at radius 2 is 2.10 bits per heavy atom. The molecule has 0 bridgehead atoms. The number of amides is 1. The number of hydrogen-bond acceptors (Lipinski definition) is 5. The van der Waals surface area contributed by atoms with Gasteiger partial charge in [-0.3, -0.25) is 4.79 Å². The van der Waals surface area contributed by atoms with Crippen molar-refractivity contribution in [2.75, 3.05) is 25.0 Å². The second kappa shape index (κ2) is 7.97. The van der Waals surface area contributed by atoms with E-state index < -0.39 is 23.3 Å². The molecular weight excluding hydrogens is 446 g/mol. The van der Waals surface area contributed by atoms with Gasteiger partial charge < -0.3 is 20.6 Å². The summed E-state index contributed by atoms with van der Waals surface area (Å²) in [4.78, 5) is 18.0. The second-order valence-corrected chi connectivity index (χ2v) is 8.46. The van der Waals surface area contributed by atoms with Crippen LogP contribution in [0.4, 0.5) is 20.2 Å². The maximum Gasteiger partial charge on any atom is 0.256 e. The van der Waals surface area contributed by atoms with Gasteiger partial charge in [0.25, 0.3) is 5.91 Å². The highest BCUT2D eigenvalue weighted by Gasteiger charge is 2.49. The van der Waals surface area contributed by atoms with Crippen LogP contribution in [-0.2, 0) is 0 Å². The number of rotatable bonds is 4. The van der Waals surface area contributed by atoms with Crippen molar-refractivity contribution in [1.29, 1.82) is 0 Å². The zero-order chi connectivity index (χ0) is 20.6. The van der Waals surface area contributed by atoms with Crippen LogP contribution < -0.4 is 10.6 Å². The molecule has 0 aliphatic carbocycles. The molecule has 2 saturated heterocycles. The van der Waals surface area contributed by atoms with Gasteiger partial charge in [0.15, 0.2) is 0 Å². The van der Waals surface area contributed by atoms with Gasteiger partial charge in [0.1, 0.15) is 17.1 Å². The Morgan fingerprint density at radius 1 is 1.31 bits per heavy atom. The summed E-state index contributed by atoms with van der Waals surface area (Å²) in [6.45, 7) is 1.18. The minimum Gasteiger partial charge on any atom is -0.385 e. The molecule has 1 atom stereocenters. The molecule has 3 N–H and O–H groups in total. The van der Waals surface area contributed by atoms with Crippen molar-refractivity contribution in [2.24, 2.45) is 0 Å². The minimum atomic E-state index is -0.979. The Morgan fingerprint density at radius 3 is 2.79 bits per heavy atom. The van der Waals surface area contributed by atoms with Crippen molar-refractivity contribution in [3.63, 3.8) is 0 Å². The molecule has 29 heavy (non-hydrogen) atoms. The third-order valence-corrected chi connectivity index (χ3v) is 5.99. The van der Waals surface area contributed by atoms with Crippen LogP contribution in [0.25, 0.3) is 0 Å². The quantitative estimate of drug-likeness (QED) is 0.603. The van der Waals surface area contributed by atoms with E-state index in [0.717, 1.165) is 25.8 Å². The number of benzene rings is 1. The van der Waals surface area contributed by atoms with Crippen LogP contribution in [-0.4, -0.2) is 52.2 Å². The lowest BCUT2D eigenvalue weighted by molar-refractivity contribution is -0.108. The summed E-state index contributed by atoms with van der Waals surface area (Å²) in [7, 11) is 0. The van der Waals surface area contributed by atoms with Crippen molar-refractivity contribution < 1.29 is 18.7 Å². The number of carbonyl (C=O) groups is 1. The third-order valence-electron chi connectivity index (χ3n) is 5.50. The molecule has 2 fully saturated rings. The average molecular weight is 467 g/mol. The van der Waals surface area contributed by atoms with Crippen LogP contribution in [0.3, 0.4) is 0 Å². The molecule has 0 unspecified atom stereocenters. The highest BCUT2D eigenvalue weighted by atomic mass is 79.9. The fourth-order valence-corrected chi connectivity index (χ4v) is 4.25. The first-order valence-electron chi connectivity index (χ1n) is 9.49. The van der Waals surface area contributed by atoms with Gasteiger partial charge in [0.2, 0.25) is 5.95 Å². The van der Waals surface area contributed by atoms with E-state index >= 15 is 0 Å². The molecule has 6 nitrogen and oxygen atoms in total. The summed E-state index contributed by atoms with van der Waals surface area (Å²) in [5.74, 6) is -1.93. The molecule has 2 aromatic rings. The van der Waals surface area contributed by atoms with Gasteiger partial charge in [-0.05, 0) is 43.7 Å². The first-order valence-corrected chi connectivity index (χ1v) is 10.3. The molecule has 2 aliphatic rings. The van der Waals surface area contributed by atoms with Crippen molar-refractivity contribution in [1.82, 2.24) is 15.2 Å². The number of anilines is 2. The summed E-state index contributed by atoms with van der Waals surface area (Å²) in [5, 5.41) is 16.8. The van der Waals surface area contributed by atoms with Crippen molar-refractivity contribution >= 4 is 33.2 Å². The normalized spacial score (nSPS) is 20.8. The van der Waals surface area contributed by atoms with Crippen molar-refractivity contribution in [3.8, 4) is 0 Å². The number of likely N-dealkylation sites (tertiary alicyclic amines) is 1. The van der Waals surface area contributed by atoms with E-state index in [4.69, 9.17) is 0 Å². The molecular formula is C20H21BrF2N4O2. The monoisotopic (exact) mass is 466 g/mol. The van der Waals surface area contributed by atoms with Crippen molar-refractivity contribution in [3.05, 3.63) is 52.3 Å². The summed E-state index contributed by atoms with van der Waals surface area (Å²) in [5.41, 5.74) is -1.10. The van der Waals surface area contributed by atoms with Gasteiger partial charge in [0, 0.05) is 16.7 Å². The van der Waals surface area contributed by atoms with Gasteiger partial charge in [-0.1, -0.05) is 22.4 Å². The summed E-state index contributed by atoms with van der Waals surface area (Å²) >= 11 is 3.17. The lowest BCUT2D eigenvalue weighted by Crippen LogP contribution is -2.72. The van der Waals surface area contributed by atoms with Gasteiger partial charge >= 0.3 is 0 Å². The van der Waals surface area contributed by atoms with E-state index in [1.54, 1.807) is 6.07 Å². The van der Waals surface area contributed by atoms with E-state index in [1.165, 1.54) is 29.3 Å². The lowest BCUT2D eigenvalue weighted by atomic mass is 9.81. The summed E-state index contributed by atoms with van der Waals surface area (Å²) < 4.78 is 29.1. The topological polar surface area (TPSA) is 77.5 Å². The standard InChI is InChI=1S/C20H21BrF2N4O2/c21-12-4-5-15(14(22)9-12)26-17-13(6-8-25-18(17)23)19(28)27-10-20(29,11-27)16-3-1-2-7-24-16/h4-6,8-9,16,24,26,29H,1-3,7,10-11H2/t16-/m0/s1. The molecule has 1 aromatic carbocycles. The Kier molecular flexibility index (Phi) is 5.54. The van der Waals surface area contributed by atoms with Crippen molar-refractivity contribution in [2.45, 2.75) is 30.9 Å². The third kappa shape index (κ3) is 3.99.